The molecule has 0 aliphatic rings. The van der Waals surface area contributed by atoms with Gasteiger partial charge in [-0.3, -0.25) is 0 Å². The summed E-state index contributed by atoms with van der Waals surface area (Å²) in [5, 5.41) is 8.05. The minimum absolute atomic E-state index is 0.222. The van der Waals surface area contributed by atoms with Gasteiger partial charge in [-0.15, -0.1) is 11.6 Å². The van der Waals surface area contributed by atoms with Crippen LogP contribution in [0.15, 0.2) is 0 Å². The fraction of sp³-hybridized carbons (Fsp3) is 0.667. The number of nitriles is 1. The second kappa shape index (κ2) is 4.33. The van der Waals surface area contributed by atoms with Crippen molar-refractivity contribution in [2.24, 2.45) is 0 Å². The number of rotatable bonds is 2. The predicted molar refractivity (Wildman–Crippen MR) is 30.9 cm³/mol. The Morgan fingerprint density at radius 2 is 2.57 bits per heavy atom. The normalized spacial score (nSPS) is 12.7. The standard InChI is InChI=1S/C3H5ClNOP/c4-1-3(2-5)6-7/h3H,1,7H2. The summed E-state index contributed by atoms with van der Waals surface area (Å²) in [7, 11) is 1.98. The van der Waals surface area contributed by atoms with Crippen LogP contribution in [-0.4, -0.2) is 12.0 Å². The van der Waals surface area contributed by atoms with Gasteiger partial charge in [-0.1, -0.05) is 0 Å². The third-order valence-electron chi connectivity index (χ3n) is 0.448. The lowest BCUT2D eigenvalue weighted by Crippen LogP contribution is -2.04. The molecule has 0 radical (unpaired) electrons. The molecule has 0 spiro atoms. The van der Waals surface area contributed by atoms with E-state index in [1.165, 1.54) is 0 Å². The quantitative estimate of drug-likeness (QED) is 0.419. The lowest BCUT2D eigenvalue weighted by Gasteiger charge is -1.96. The second-order valence-electron chi connectivity index (χ2n) is 0.908. The van der Waals surface area contributed by atoms with Crippen LogP contribution in [0.4, 0.5) is 0 Å². The molecule has 4 heteroatoms. The number of hydrogen-bond donors (Lipinski definition) is 0. The first-order chi connectivity index (χ1) is 3.35. The fourth-order valence-electron chi connectivity index (χ4n) is 0.101. The SMILES string of the molecule is N#CC(CCl)OP. The summed E-state index contributed by atoms with van der Waals surface area (Å²) in [5.74, 6) is 0.222. The average Bonchev–Trinajstić information content (AvgIpc) is 1.72. The molecule has 0 heterocycles. The Labute approximate surface area is 49.7 Å². The molecule has 0 N–H and O–H groups in total. The maximum atomic E-state index is 8.05. The van der Waals surface area contributed by atoms with Crippen LogP contribution >= 0.6 is 21.1 Å². The monoisotopic (exact) mass is 137 g/mol. The average molecular weight is 138 g/mol. The molecule has 2 nitrogen and oxygen atoms in total. The molecule has 0 aliphatic heterocycles. The molecule has 0 saturated carbocycles. The van der Waals surface area contributed by atoms with Crippen LogP contribution < -0.4 is 0 Å². The Bertz CT molecular complexity index is 77.5. The van der Waals surface area contributed by atoms with E-state index in [1.807, 2.05) is 15.5 Å². The van der Waals surface area contributed by atoms with Gasteiger partial charge in [0, 0.05) is 9.47 Å². The minimum Gasteiger partial charge on any atom is -0.346 e. The topological polar surface area (TPSA) is 33.0 Å². The summed E-state index contributed by atoms with van der Waals surface area (Å²) in [5.41, 5.74) is 0. The Balaban J connectivity index is 3.23. The molecule has 7 heavy (non-hydrogen) atoms. The van der Waals surface area contributed by atoms with E-state index in [0.29, 0.717) is 0 Å². The van der Waals surface area contributed by atoms with Crippen LogP contribution in [0.2, 0.25) is 0 Å². The van der Waals surface area contributed by atoms with Crippen molar-refractivity contribution in [2.45, 2.75) is 6.10 Å². The number of hydrogen-bond acceptors (Lipinski definition) is 2. The molecule has 0 fully saturated rings. The number of nitrogens with zero attached hydrogens (tertiary/aromatic N) is 1. The van der Waals surface area contributed by atoms with Crippen molar-refractivity contribution in [2.75, 3.05) is 5.88 Å². The van der Waals surface area contributed by atoms with Gasteiger partial charge >= 0.3 is 0 Å². The van der Waals surface area contributed by atoms with E-state index < -0.39 is 6.10 Å². The third-order valence-corrected chi connectivity index (χ3v) is 1.06. The zero-order chi connectivity index (χ0) is 5.70. The maximum absolute atomic E-state index is 8.05. The molecule has 0 aromatic rings. The Morgan fingerprint density at radius 1 is 2.00 bits per heavy atom. The summed E-state index contributed by atoms with van der Waals surface area (Å²) in [6, 6.07) is 1.83. The van der Waals surface area contributed by atoms with Crippen molar-refractivity contribution in [3.63, 3.8) is 0 Å². The van der Waals surface area contributed by atoms with Gasteiger partial charge in [-0.25, -0.2) is 0 Å². The molecule has 0 aromatic carbocycles. The highest BCUT2D eigenvalue weighted by Gasteiger charge is 1.98. The highest BCUT2D eigenvalue weighted by atomic mass is 35.5. The Morgan fingerprint density at radius 3 is 2.57 bits per heavy atom. The molecule has 40 valence electrons. The van der Waals surface area contributed by atoms with Crippen molar-refractivity contribution in [1.29, 1.82) is 5.26 Å². The molecule has 0 saturated heterocycles. The van der Waals surface area contributed by atoms with Gasteiger partial charge in [0.05, 0.1) is 11.9 Å². The number of alkyl halides is 1. The van der Waals surface area contributed by atoms with Crippen molar-refractivity contribution in [3.05, 3.63) is 0 Å². The van der Waals surface area contributed by atoms with E-state index in [9.17, 15) is 0 Å². The summed E-state index contributed by atoms with van der Waals surface area (Å²) < 4.78 is 4.47. The Kier molecular flexibility index (Phi) is 4.44. The van der Waals surface area contributed by atoms with Gasteiger partial charge in [-0.05, 0) is 0 Å². The Hall–Kier alpha value is 0.170. The highest BCUT2D eigenvalue weighted by molar-refractivity contribution is 7.09. The first-order valence-corrected chi connectivity index (χ1v) is 2.67. The first kappa shape index (κ1) is 7.17. The fourth-order valence-corrected chi connectivity index (χ4v) is 0.522. The van der Waals surface area contributed by atoms with E-state index in [-0.39, 0.29) is 5.88 Å². The predicted octanol–water partition coefficient (Wildman–Crippen LogP) is 0.924. The molecule has 0 amide bonds. The van der Waals surface area contributed by atoms with Crippen molar-refractivity contribution < 1.29 is 4.52 Å². The van der Waals surface area contributed by atoms with Gasteiger partial charge in [-0.2, -0.15) is 5.26 Å². The van der Waals surface area contributed by atoms with Crippen LogP contribution in [0.25, 0.3) is 0 Å². The van der Waals surface area contributed by atoms with Crippen LogP contribution in [0.3, 0.4) is 0 Å². The maximum Gasteiger partial charge on any atom is 0.160 e. The smallest absolute Gasteiger partial charge is 0.160 e. The summed E-state index contributed by atoms with van der Waals surface area (Å²) in [4.78, 5) is 0. The van der Waals surface area contributed by atoms with E-state index in [1.54, 1.807) is 0 Å². The molecule has 0 rings (SSSR count). The second-order valence-corrected chi connectivity index (χ2v) is 1.49. The lowest BCUT2D eigenvalue weighted by atomic mass is 10.5. The van der Waals surface area contributed by atoms with Crippen LogP contribution in [-0.2, 0) is 4.52 Å². The van der Waals surface area contributed by atoms with E-state index in [4.69, 9.17) is 16.9 Å². The molecule has 2 unspecified atom stereocenters. The van der Waals surface area contributed by atoms with E-state index in [2.05, 4.69) is 4.52 Å². The van der Waals surface area contributed by atoms with Gasteiger partial charge in [0.1, 0.15) is 0 Å². The van der Waals surface area contributed by atoms with Crippen molar-refractivity contribution >= 4 is 21.1 Å². The van der Waals surface area contributed by atoms with Crippen molar-refractivity contribution in [3.8, 4) is 6.07 Å². The van der Waals surface area contributed by atoms with Crippen LogP contribution in [0, 0.1) is 11.3 Å². The molecule has 0 aliphatic carbocycles. The van der Waals surface area contributed by atoms with Crippen molar-refractivity contribution in [1.82, 2.24) is 0 Å². The largest absolute Gasteiger partial charge is 0.346 e. The van der Waals surface area contributed by atoms with Gasteiger partial charge in [0.2, 0.25) is 0 Å². The first-order valence-electron chi connectivity index (χ1n) is 1.66. The molecule has 2 atom stereocenters. The third kappa shape index (κ3) is 2.82. The summed E-state index contributed by atoms with van der Waals surface area (Å²) in [6.07, 6.45) is -0.480. The van der Waals surface area contributed by atoms with Crippen LogP contribution in [0.1, 0.15) is 0 Å². The summed E-state index contributed by atoms with van der Waals surface area (Å²) in [6.45, 7) is 0. The minimum atomic E-state index is -0.480. The lowest BCUT2D eigenvalue weighted by molar-refractivity contribution is 0.330. The molecular weight excluding hydrogens is 132 g/mol. The van der Waals surface area contributed by atoms with Crippen LogP contribution in [0.5, 0.6) is 0 Å². The zero-order valence-corrected chi connectivity index (χ0v) is 5.51. The highest BCUT2D eigenvalue weighted by Crippen LogP contribution is 1.97. The zero-order valence-electron chi connectivity index (χ0n) is 3.60. The molecule has 0 aromatic heterocycles. The molecular formula is C3H5ClNOP. The summed E-state index contributed by atoms with van der Waals surface area (Å²) >= 11 is 5.21. The van der Waals surface area contributed by atoms with Gasteiger partial charge in [0.15, 0.2) is 6.10 Å². The van der Waals surface area contributed by atoms with E-state index >= 15 is 0 Å². The van der Waals surface area contributed by atoms with E-state index in [0.717, 1.165) is 0 Å². The number of halogens is 1. The molecule has 0 bridgehead atoms. The van der Waals surface area contributed by atoms with Gasteiger partial charge in [0.25, 0.3) is 0 Å². The van der Waals surface area contributed by atoms with Gasteiger partial charge < -0.3 is 4.52 Å².